The van der Waals surface area contributed by atoms with E-state index < -0.39 is 0 Å². The number of thiophene rings is 1. The maximum Gasteiger partial charge on any atom is 0.0691 e. The van der Waals surface area contributed by atoms with E-state index in [1.165, 1.54) is 70.3 Å². The maximum atomic E-state index is 4.00. The molecule has 0 unspecified atom stereocenters. The van der Waals surface area contributed by atoms with E-state index in [0.717, 1.165) is 6.42 Å². The first-order chi connectivity index (χ1) is 19.3. The molecule has 1 heteroatoms. The van der Waals surface area contributed by atoms with E-state index in [9.17, 15) is 0 Å². The highest BCUT2D eigenvalue weighted by Crippen LogP contribution is 2.62. The minimum atomic E-state index is -0.323. The van der Waals surface area contributed by atoms with E-state index in [1.54, 1.807) is 0 Å². The zero-order valence-electron chi connectivity index (χ0n) is 21.5. The topological polar surface area (TPSA) is 0 Å². The average Bonchev–Trinajstić information content (AvgIpc) is 3.60. The van der Waals surface area contributed by atoms with E-state index in [1.807, 2.05) is 17.4 Å². The average molecular weight is 515 g/mol. The van der Waals surface area contributed by atoms with Crippen LogP contribution in [0.5, 0.6) is 0 Å². The minimum absolute atomic E-state index is 0.323. The first kappa shape index (κ1) is 22.5. The number of benzene rings is 5. The van der Waals surface area contributed by atoms with Crippen molar-refractivity contribution in [3.63, 3.8) is 0 Å². The highest BCUT2D eigenvalue weighted by atomic mass is 32.1. The van der Waals surface area contributed by atoms with Crippen molar-refractivity contribution in [3.8, 4) is 11.1 Å². The van der Waals surface area contributed by atoms with Crippen molar-refractivity contribution in [2.45, 2.75) is 11.8 Å². The van der Waals surface area contributed by atoms with Gasteiger partial charge in [-0.25, -0.2) is 0 Å². The summed E-state index contributed by atoms with van der Waals surface area (Å²) in [7, 11) is 0. The SMILES string of the molecule is C=C/C=C\C1=C(Cc2ccc3sc4ccccc4c3c2)C2(c3ccccc31)c1ccccc1-c1ccccc12. The fourth-order valence-corrected chi connectivity index (χ4v) is 8.18. The molecule has 2 aliphatic carbocycles. The molecule has 0 fully saturated rings. The first-order valence-electron chi connectivity index (χ1n) is 13.5. The molecule has 8 rings (SSSR count). The Kier molecular flexibility index (Phi) is 4.92. The van der Waals surface area contributed by atoms with E-state index in [4.69, 9.17) is 0 Å². The van der Waals surface area contributed by atoms with Gasteiger partial charge in [0, 0.05) is 20.2 Å². The molecule has 0 radical (unpaired) electrons. The van der Waals surface area contributed by atoms with Gasteiger partial charge in [0.1, 0.15) is 0 Å². The van der Waals surface area contributed by atoms with Gasteiger partial charge in [0.2, 0.25) is 0 Å². The molecule has 0 N–H and O–H groups in total. The van der Waals surface area contributed by atoms with Crippen LogP contribution in [0.3, 0.4) is 0 Å². The van der Waals surface area contributed by atoms with Gasteiger partial charge in [-0.1, -0.05) is 122 Å². The summed E-state index contributed by atoms with van der Waals surface area (Å²) in [6.07, 6.45) is 7.12. The Morgan fingerprint density at radius 2 is 1.21 bits per heavy atom. The second-order valence-corrected chi connectivity index (χ2v) is 11.6. The second kappa shape index (κ2) is 8.53. The molecular formula is C38H26S. The van der Waals surface area contributed by atoms with Crippen LogP contribution in [0.4, 0.5) is 0 Å². The quantitative estimate of drug-likeness (QED) is 0.205. The summed E-state index contributed by atoms with van der Waals surface area (Å²) >= 11 is 1.88. The second-order valence-electron chi connectivity index (χ2n) is 10.5. The molecule has 0 nitrogen and oxygen atoms in total. The molecule has 184 valence electrons. The highest BCUT2D eigenvalue weighted by molar-refractivity contribution is 7.25. The van der Waals surface area contributed by atoms with E-state index in [0.29, 0.717) is 0 Å². The Balaban J connectivity index is 1.44. The molecule has 0 saturated heterocycles. The summed E-state index contributed by atoms with van der Waals surface area (Å²) in [6, 6.07) is 42.9. The van der Waals surface area contributed by atoms with Gasteiger partial charge in [0.05, 0.1) is 5.41 Å². The standard InChI is InChI=1S/C38H26S/c1-2-3-12-29-28-15-6-10-19-34(28)38(32-17-8-4-13-26(32)27-14-5-9-18-33(27)38)35(29)24-25-21-22-37-31(23-25)30-16-7-11-20-36(30)39-37/h2-23H,1,24H2/b12-3-. The van der Waals surface area contributed by atoms with Gasteiger partial charge in [-0.3, -0.25) is 0 Å². The van der Waals surface area contributed by atoms with E-state index >= 15 is 0 Å². The lowest BCUT2D eigenvalue weighted by molar-refractivity contribution is 0.741. The van der Waals surface area contributed by atoms with Crippen molar-refractivity contribution in [2.75, 3.05) is 0 Å². The largest absolute Gasteiger partial charge is 0.135 e. The number of hydrogen-bond acceptors (Lipinski definition) is 1. The van der Waals surface area contributed by atoms with Crippen LogP contribution in [0.15, 0.2) is 146 Å². The third-order valence-corrected chi connectivity index (χ3v) is 9.72. The highest BCUT2D eigenvalue weighted by Gasteiger charge is 2.52. The van der Waals surface area contributed by atoms with Crippen LogP contribution >= 0.6 is 11.3 Å². The van der Waals surface area contributed by atoms with Gasteiger partial charge in [0.15, 0.2) is 0 Å². The predicted molar refractivity (Wildman–Crippen MR) is 167 cm³/mol. The lowest BCUT2D eigenvalue weighted by Gasteiger charge is -2.33. The molecule has 0 atom stereocenters. The Morgan fingerprint density at radius 1 is 0.615 bits per heavy atom. The van der Waals surface area contributed by atoms with Gasteiger partial charge in [-0.2, -0.15) is 0 Å². The summed E-state index contributed by atoms with van der Waals surface area (Å²) in [5, 5.41) is 2.70. The summed E-state index contributed by atoms with van der Waals surface area (Å²) < 4.78 is 2.70. The third-order valence-electron chi connectivity index (χ3n) is 8.57. The number of rotatable bonds is 4. The molecule has 1 aromatic heterocycles. The Labute approximate surface area is 232 Å². The molecule has 2 aliphatic rings. The van der Waals surface area contributed by atoms with Crippen LogP contribution in [0.2, 0.25) is 0 Å². The van der Waals surface area contributed by atoms with Crippen LogP contribution in [0.1, 0.15) is 27.8 Å². The summed E-state index contributed by atoms with van der Waals surface area (Å²) in [6.45, 7) is 4.00. The molecule has 5 aromatic carbocycles. The summed E-state index contributed by atoms with van der Waals surface area (Å²) in [4.78, 5) is 0. The maximum absolute atomic E-state index is 4.00. The van der Waals surface area contributed by atoms with Gasteiger partial charge in [-0.15, -0.1) is 11.3 Å². The number of allylic oxidation sites excluding steroid dienone is 5. The molecule has 0 amide bonds. The van der Waals surface area contributed by atoms with Crippen LogP contribution in [0, 0.1) is 0 Å². The van der Waals surface area contributed by atoms with Gasteiger partial charge in [0.25, 0.3) is 0 Å². The molecule has 0 saturated carbocycles. The van der Waals surface area contributed by atoms with Crippen molar-refractivity contribution < 1.29 is 0 Å². The van der Waals surface area contributed by atoms with Crippen LogP contribution < -0.4 is 0 Å². The molecular weight excluding hydrogens is 488 g/mol. The minimum Gasteiger partial charge on any atom is -0.135 e. The Morgan fingerprint density at radius 3 is 1.92 bits per heavy atom. The third kappa shape index (κ3) is 3.05. The van der Waals surface area contributed by atoms with Crippen LogP contribution in [-0.2, 0) is 11.8 Å². The normalized spacial score (nSPS) is 14.9. The van der Waals surface area contributed by atoms with E-state index in [2.05, 4.69) is 134 Å². The number of hydrogen-bond donors (Lipinski definition) is 0. The summed E-state index contributed by atoms with van der Waals surface area (Å²) in [5.74, 6) is 0. The van der Waals surface area contributed by atoms with Crippen molar-refractivity contribution in [1.29, 1.82) is 0 Å². The summed E-state index contributed by atoms with van der Waals surface area (Å²) in [5.41, 5.74) is 11.9. The van der Waals surface area contributed by atoms with Crippen LogP contribution in [0.25, 0.3) is 36.9 Å². The molecule has 0 bridgehead atoms. The lowest BCUT2D eigenvalue weighted by atomic mass is 9.68. The first-order valence-corrected chi connectivity index (χ1v) is 14.3. The fourth-order valence-electron chi connectivity index (χ4n) is 7.09. The Hall–Kier alpha value is -4.46. The predicted octanol–water partition coefficient (Wildman–Crippen LogP) is 10.1. The zero-order valence-corrected chi connectivity index (χ0v) is 22.3. The van der Waals surface area contributed by atoms with Gasteiger partial charge < -0.3 is 0 Å². The monoisotopic (exact) mass is 514 g/mol. The molecule has 1 spiro atoms. The van der Waals surface area contributed by atoms with Gasteiger partial charge in [-0.05, 0) is 74.7 Å². The van der Waals surface area contributed by atoms with Gasteiger partial charge >= 0.3 is 0 Å². The Bertz CT molecular complexity index is 1970. The molecule has 0 aliphatic heterocycles. The van der Waals surface area contributed by atoms with Crippen molar-refractivity contribution in [3.05, 3.63) is 173 Å². The van der Waals surface area contributed by atoms with Crippen molar-refractivity contribution in [2.24, 2.45) is 0 Å². The van der Waals surface area contributed by atoms with Crippen LogP contribution in [-0.4, -0.2) is 0 Å². The fraction of sp³-hybridized carbons (Fsp3) is 0.0526. The smallest absolute Gasteiger partial charge is 0.0691 e. The van der Waals surface area contributed by atoms with E-state index in [-0.39, 0.29) is 5.41 Å². The molecule has 39 heavy (non-hydrogen) atoms. The lowest BCUT2D eigenvalue weighted by Crippen LogP contribution is -2.28. The number of fused-ring (bicyclic) bond motifs is 10. The zero-order chi connectivity index (χ0) is 26.0. The van der Waals surface area contributed by atoms with Crippen molar-refractivity contribution in [1.82, 2.24) is 0 Å². The van der Waals surface area contributed by atoms with Crippen molar-refractivity contribution >= 4 is 37.1 Å². The molecule has 6 aromatic rings. The molecule has 1 heterocycles.